The number of pyridine rings is 1. The second-order valence-corrected chi connectivity index (χ2v) is 7.52. The third-order valence-corrected chi connectivity index (χ3v) is 4.73. The van der Waals surface area contributed by atoms with E-state index in [1.165, 1.54) is 16.8 Å². The molecule has 2 atom stereocenters. The van der Waals surface area contributed by atoms with Crippen molar-refractivity contribution in [2.75, 3.05) is 6.67 Å². The van der Waals surface area contributed by atoms with Gasteiger partial charge < -0.3 is 14.6 Å². The Kier molecular flexibility index (Phi) is 8.11. The van der Waals surface area contributed by atoms with Crippen LogP contribution in [0.2, 0.25) is 5.02 Å². The quantitative estimate of drug-likeness (QED) is 0.607. The van der Waals surface area contributed by atoms with E-state index in [2.05, 4.69) is 5.32 Å². The highest BCUT2D eigenvalue weighted by molar-refractivity contribution is 6.31. The van der Waals surface area contributed by atoms with Gasteiger partial charge >= 0.3 is 5.97 Å². The Labute approximate surface area is 178 Å². The zero-order chi connectivity index (χ0) is 22.4. The van der Waals surface area contributed by atoms with Crippen LogP contribution in [0.25, 0.3) is 10.8 Å². The first-order valence-corrected chi connectivity index (χ1v) is 9.94. The lowest BCUT2D eigenvalue weighted by molar-refractivity contribution is -0.149. The highest BCUT2D eigenvalue weighted by atomic mass is 35.5. The van der Waals surface area contributed by atoms with E-state index >= 15 is 0 Å². The number of amides is 1. The molecule has 0 aliphatic carbocycles. The molecular formula is C21H24ClFN2O5. The van der Waals surface area contributed by atoms with Crippen LogP contribution in [0, 0.1) is 0 Å². The summed E-state index contributed by atoms with van der Waals surface area (Å²) in [6.45, 7) is 3.62. The highest BCUT2D eigenvalue weighted by Crippen LogP contribution is 2.18. The van der Waals surface area contributed by atoms with E-state index in [0.29, 0.717) is 15.8 Å². The molecule has 1 N–H and O–H groups in total. The molecule has 0 aliphatic rings. The summed E-state index contributed by atoms with van der Waals surface area (Å²) in [5, 5.41) is 3.78. The Balaban J connectivity index is 2.30. The van der Waals surface area contributed by atoms with E-state index in [-0.39, 0.29) is 6.42 Å². The fourth-order valence-corrected chi connectivity index (χ4v) is 3.24. The minimum Gasteiger partial charge on any atom is -0.463 e. The number of ketones is 1. The van der Waals surface area contributed by atoms with E-state index in [0.717, 1.165) is 0 Å². The van der Waals surface area contributed by atoms with E-state index in [1.807, 2.05) is 0 Å². The van der Waals surface area contributed by atoms with Crippen LogP contribution in [0.1, 0.15) is 39.7 Å². The molecular weight excluding hydrogens is 415 g/mol. The second-order valence-electron chi connectivity index (χ2n) is 7.09. The molecule has 0 fully saturated rings. The summed E-state index contributed by atoms with van der Waals surface area (Å²) in [6.07, 6.45) is 0.794. The molecule has 1 aromatic heterocycles. The molecule has 0 spiro atoms. The number of Topliss-reactive ketones (excluding diaryl/α,β-unsaturated/α-hetero) is 1. The molecule has 0 aliphatic heterocycles. The lowest BCUT2D eigenvalue weighted by Crippen LogP contribution is -2.47. The first kappa shape index (κ1) is 23.5. The van der Waals surface area contributed by atoms with Gasteiger partial charge in [0.2, 0.25) is 5.91 Å². The van der Waals surface area contributed by atoms with Gasteiger partial charge in [-0.25, -0.2) is 4.39 Å². The van der Waals surface area contributed by atoms with Crippen molar-refractivity contribution in [3.05, 3.63) is 45.8 Å². The monoisotopic (exact) mass is 438 g/mol. The Morgan fingerprint density at radius 3 is 2.53 bits per heavy atom. The van der Waals surface area contributed by atoms with Gasteiger partial charge in [-0.15, -0.1) is 0 Å². The number of esters is 1. The van der Waals surface area contributed by atoms with Gasteiger partial charge in [-0.05, 0) is 43.9 Å². The number of nitrogens with one attached hydrogen (secondary N) is 1. The molecule has 162 valence electrons. The maximum Gasteiger partial charge on any atom is 0.308 e. The summed E-state index contributed by atoms with van der Waals surface area (Å²) in [5.74, 6) is -2.36. The number of carbonyl (C=O) groups is 3. The van der Waals surface area contributed by atoms with Crippen LogP contribution < -0.4 is 10.9 Å². The Morgan fingerprint density at radius 1 is 1.23 bits per heavy atom. The maximum atomic E-state index is 13.0. The standard InChI is InChI=1S/C21H24ClFN2O5/c1-4-17(25-8-7-13-5-6-14(22)9-15(13)21(25)29)20(28)24-16(18(26)11-23)10-19(27)30-12(2)3/h5-9,12,16-17H,4,10-11H2,1-3H3,(H,24,28). The molecule has 0 radical (unpaired) electrons. The van der Waals surface area contributed by atoms with Gasteiger partial charge in [-0.2, -0.15) is 0 Å². The molecule has 2 unspecified atom stereocenters. The van der Waals surface area contributed by atoms with Crippen molar-refractivity contribution in [2.24, 2.45) is 0 Å². The van der Waals surface area contributed by atoms with Gasteiger partial charge in [-0.3, -0.25) is 19.2 Å². The molecule has 2 aromatic rings. The normalized spacial score (nSPS) is 13.1. The first-order valence-electron chi connectivity index (χ1n) is 9.56. The second kappa shape index (κ2) is 10.3. The van der Waals surface area contributed by atoms with Crippen molar-refractivity contribution in [2.45, 2.75) is 51.8 Å². The lowest BCUT2D eigenvalue weighted by atomic mass is 10.1. The van der Waals surface area contributed by atoms with Gasteiger partial charge in [0.25, 0.3) is 5.56 Å². The third-order valence-electron chi connectivity index (χ3n) is 4.49. The molecule has 0 saturated carbocycles. The largest absolute Gasteiger partial charge is 0.463 e. The number of halogens is 2. The smallest absolute Gasteiger partial charge is 0.308 e. The topological polar surface area (TPSA) is 94.5 Å². The summed E-state index contributed by atoms with van der Waals surface area (Å²) >= 11 is 5.98. The SMILES string of the molecule is CCC(C(=O)NC(CC(=O)OC(C)C)C(=O)CF)n1ccc2ccc(Cl)cc2c1=O. The molecule has 1 amide bonds. The molecule has 9 heteroatoms. The Morgan fingerprint density at radius 2 is 1.93 bits per heavy atom. The lowest BCUT2D eigenvalue weighted by Gasteiger charge is -2.22. The summed E-state index contributed by atoms with van der Waals surface area (Å²) in [7, 11) is 0. The number of hydrogen-bond acceptors (Lipinski definition) is 5. The fourth-order valence-electron chi connectivity index (χ4n) is 3.06. The highest BCUT2D eigenvalue weighted by Gasteiger charge is 2.29. The Hall–Kier alpha value is -2.74. The molecule has 1 heterocycles. The van der Waals surface area contributed by atoms with Gasteiger partial charge in [-0.1, -0.05) is 24.6 Å². The van der Waals surface area contributed by atoms with Crippen LogP contribution in [0.5, 0.6) is 0 Å². The van der Waals surface area contributed by atoms with Crippen LogP contribution in [0.4, 0.5) is 4.39 Å². The summed E-state index contributed by atoms with van der Waals surface area (Å²) in [5.41, 5.74) is -0.426. The number of ether oxygens (including phenoxy) is 1. The fraction of sp³-hybridized carbons (Fsp3) is 0.429. The van der Waals surface area contributed by atoms with E-state index < -0.39 is 54.5 Å². The van der Waals surface area contributed by atoms with Gasteiger partial charge in [0, 0.05) is 16.6 Å². The van der Waals surface area contributed by atoms with Gasteiger partial charge in [0.1, 0.15) is 18.8 Å². The van der Waals surface area contributed by atoms with Gasteiger partial charge in [0.05, 0.1) is 12.5 Å². The van der Waals surface area contributed by atoms with Crippen molar-refractivity contribution < 1.29 is 23.5 Å². The van der Waals surface area contributed by atoms with Crippen LogP contribution >= 0.6 is 11.6 Å². The molecule has 2 rings (SSSR count). The van der Waals surface area contributed by atoms with E-state index in [4.69, 9.17) is 16.3 Å². The molecule has 1 aromatic carbocycles. The predicted octanol–water partition coefficient (Wildman–Crippen LogP) is 2.97. The Bertz CT molecular complexity index is 1000. The van der Waals surface area contributed by atoms with Crippen molar-refractivity contribution in [3.63, 3.8) is 0 Å². The van der Waals surface area contributed by atoms with Crippen LogP contribution in [0.15, 0.2) is 35.3 Å². The maximum absolute atomic E-state index is 13.0. The average molecular weight is 439 g/mol. The van der Waals surface area contributed by atoms with Crippen molar-refractivity contribution in [3.8, 4) is 0 Å². The number of fused-ring (bicyclic) bond motifs is 1. The van der Waals surface area contributed by atoms with E-state index in [1.54, 1.807) is 39.0 Å². The van der Waals surface area contributed by atoms with Crippen molar-refractivity contribution in [1.29, 1.82) is 0 Å². The van der Waals surface area contributed by atoms with Crippen molar-refractivity contribution >= 4 is 40.0 Å². The number of hydrogen-bond donors (Lipinski definition) is 1. The number of nitrogens with zero attached hydrogens (tertiary/aromatic N) is 1. The number of carbonyl (C=O) groups excluding carboxylic acids is 3. The molecule has 7 nitrogen and oxygen atoms in total. The van der Waals surface area contributed by atoms with Crippen LogP contribution in [-0.4, -0.2) is 41.0 Å². The molecule has 0 saturated heterocycles. The third kappa shape index (κ3) is 5.66. The predicted molar refractivity (Wildman–Crippen MR) is 111 cm³/mol. The van der Waals surface area contributed by atoms with Crippen LogP contribution in [0.3, 0.4) is 0 Å². The number of aromatic nitrogens is 1. The summed E-state index contributed by atoms with van der Waals surface area (Å²) in [4.78, 5) is 49.5. The zero-order valence-electron chi connectivity index (χ0n) is 17.0. The van der Waals surface area contributed by atoms with Crippen molar-refractivity contribution in [1.82, 2.24) is 9.88 Å². The summed E-state index contributed by atoms with van der Waals surface area (Å²) < 4.78 is 19.2. The molecule has 30 heavy (non-hydrogen) atoms. The number of benzene rings is 1. The number of alkyl halides is 1. The van der Waals surface area contributed by atoms with Crippen LogP contribution in [-0.2, 0) is 19.1 Å². The minimum atomic E-state index is -1.38. The first-order chi connectivity index (χ1) is 14.2. The van der Waals surface area contributed by atoms with Gasteiger partial charge in [0.15, 0.2) is 5.78 Å². The number of rotatable bonds is 9. The van der Waals surface area contributed by atoms with E-state index in [9.17, 15) is 23.6 Å². The molecule has 0 bridgehead atoms. The summed E-state index contributed by atoms with van der Waals surface area (Å²) in [6, 6.07) is 4.19. The zero-order valence-corrected chi connectivity index (χ0v) is 17.7. The minimum absolute atomic E-state index is 0.227. The average Bonchev–Trinajstić information content (AvgIpc) is 2.68.